The van der Waals surface area contributed by atoms with E-state index in [1.807, 2.05) is 54.6 Å². The van der Waals surface area contributed by atoms with Gasteiger partial charge in [-0.3, -0.25) is 9.69 Å². The van der Waals surface area contributed by atoms with Gasteiger partial charge in [0.15, 0.2) is 0 Å². The lowest BCUT2D eigenvalue weighted by Gasteiger charge is -2.39. The molecule has 6 nitrogen and oxygen atoms in total. The largest absolute Gasteiger partial charge is 0.488 e. The highest BCUT2D eigenvalue weighted by atomic mass is 16.5. The molecular weight excluding hydrogens is 496 g/mol. The van der Waals surface area contributed by atoms with Crippen LogP contribution in [0.15, 0.2) is 77.6 Å². The first-order chi connectivity index (χ1) is 21.5. The molecule has 0 aliphatic carbocycles. The van der Waals surface area contributed by atoms with Crippen LogP contribution in [0.4, 0.5) is 0 Å². The molecule has 1 fully saturated rings. The molecule has 0 amide bonds. The molecule has 4 aromatic rings. The molecule has 0 N–H and O–H groups in total. The van der Waals surface area contributed by atoms with Crippen molar-refractivity contribution in [3.05, 3.63) is 94.3 Å². The van der Waals surface area contributed by atoms with Gasteiger partial charge in [-0.2, -0.15) is 5.26 Å². The predicted octanol–water partition coefficient (Wildman–Crippen LogP) is 6.95. The highest BCUT2D eigenvalue weighted by Gasteiger charge is 2.24. The molecule has 6 heteroatoms. The van der Waals surface area contributed by atoms with Gasteiger partial charge in [-0.25, -0.2) is 4.98 Å². The van der Waals surface area contributed by atoms with Gasteiger partial charge in [0.05, 0.1) is 22.7 Å². The highest BCUT2D eigenvalue weighted by Crippen LogP contribution is 2.30. The molecule has 1 aliphatic heterocycles. The van der Waals surface area contributed by atoms with Gasteiger partial charge in [-0.1, -0.05) is 55.3 Å². The van der Waals surface area contributed by atoms with Gasteiger partial charge in [0.2, 0.25) is 0 Å². The van der Waals surface area contributed by atoms with Crippen molar-refractivity contribution in [1.29, 1.82) is 5.26 Å². The molecule has 3 unspecified atom stereocenters. The van der Waals surface area contributed by atoms with Crippen LogP contribution in [0, 0.1) is 11.3 Å². The Balaban J connectivity index is 1.38. The first kappa shape index (κ1) is 21.8. The maximum Gasteiger partial charge on any atom is 0.277 e. The molecule has 1 aromatic heterocycles. The molecule has 206 valence electrons. The first-order valence-electron chi connectivity index (χ1n) is 16.5. The van der Waals surface area contributed by atoms with E-state index >= 15 is 0 Å². The second kappa shape index (κ2) is 12.9. The maximum atomic E-state index is 14.0. The van der Waals surface area contributed by atoms with E-state index in [1.165, 1.54) is 0 Å². The second-order valence-corrected chi connectivity index (χ2v) is 10.0. The van der Waals surface area contributed by atoms with Crippen molar-refractivity contribution in [1.82, 2.24) is 14.5 Å². The summed E-state index contributed by atoms with van der Waals surface area (Å²) in [7, 11) is 0. The maximum absolute atomic E-state index is 14.0. The molecule has 1 saturated heterocycles. The van der Waals surface area contributed by atoms with Gasteiger partial charge >= 0.3 is 0 Å². The van der Waals surface area contributed by atoms with Crippen LogP contribution in [-0.2, 0) is 13.2 Å². The number of nitriles is 1. The molecule has 1 aliphatic rings. The Morgan fingerprint density at radius 1 is 1.00 bits per heavy atom. The lowest BCUT2D eigenvalue weighted by molar-refractivity contribution is 0.101. The summed E-state index contributed by atoms with van der Waals surface area (Å²) in [6.07, 6.45) is -1.41. The third-order valence-corrected chi connectivity index (χ3v) is 7.24. The fourth-order valence-electron chi connectivity index (χ4n) is 5.09. The summed E-state index contributed by atoms with van der Waals surface area (Å²) in [6, 6.07) is 21.4. The summed E-state index contributed by atoms with van der Waals surface area (Å²) in [5, 5.41) is 9.62. The van der Waals surface area contributed by atoms with Crippen molar-refractivity contribution in [2.75, 3.05) is 6.54 Å². The minimum atomic E-state index is -1.45. The molecule has 5 atom stereocenters. The van der Waals surface area contributed by atoms with Crippen molar-refractivity contribution in [3.8, 4) is 23.1 Å². The quantitative estimate of drug-likeness (QED) is 0.204. The fourth-order valence-corrected chi connectivity index (χ4v) is 5.09. The number of piperidine rings is 1. The van der Waals surface area contributed by atoms with Crippen molar-refractivity contribution in [2.24, 2.45) is 0 Å². The number of para-hydroxylation sites is 2. The van der Waals surface area contributed by atoms with Crippen LogP contribution >= 0.6 is 0 Å². The summed E-state index contributed by atoms with van der Waals surface area (Å²) in [4.78, 5) is 20.3. The molecule has 2 heterocycles. The Morgan fingerprint density at radius 3 is 2.50 bits per heavy atom. The summed E-state index contributed by atoms with van der Waals surface area (Å²) in [5.41, 5.74) is 3.04. The number of ether oxygens (including phenoxy) is 1. The van der Waals surface area contributed by atoms with Gasteiger partial charge < -0.3 is 9.30 Å². The van der Waals surface area contributed by atoms with E-state index in [4.69, 9.17) is 16.6 Å². The molecule has 0 spiro atoms. The van der Waals surface area contributed by atoms with Crippen LogP contribution in [0.1, 0.15) is 70.3 Å². The van der Waals surface area contributed by atoms with Crippen molar-refractivity contribution in [2.45, 2.75) is 77.5 Å². The fraction of sp³-hybridized carbons (Fsp3) is 0.382. The van der Waals surface area contributed by atoms with Gasteiger partial charge in [0.25, 0.3) is 5.56 Å². The Bertz CT molecular complexity index is 1730. The minimum absolute atomic E-state index is 0.199. The van der Waals surface area contributed by atoms with E-state index < -0.39 is 31.2 Å². The van der Waals surface area contributed by atoms with E-state index in [2.05, 4.69) is 6.07 Å². The van der Waals surface area contributed by atoms with Gasteiger partial charge in [0, 0.05) is 31.0 Å². The topological polar surface area (TPSA) is 71.2 Å². The SMILES string of the molecule is [2H]C1C([2H])[C@]([2H])(C)N(CCCCCn2c(=O)c(-c3cc(C#N)ccc3OCc3ccccc3)nc3ccccc32)[C@]([2H])(C)C1[2H]. The Morgan fingerprint density at radius 2 is 1.73 bits per heavy atom. The zero-order chi connectivity index (χ0) is 32.4. The van der Waals surface area contributed by atoms with E-state index in [0.717, 1.165) is 5.56 Å². The number of rotatable bonds is 10. The lowest BCUT2D eigenvalue weighted by Crippen LogP contribution is -2.44. The number of likely N-dealkylation sites (tertiary alicyclic amines) is 1. The average Bonchev–Trinajstić information content (AvgIpc) is 3.04. The minimum Gasteiger partial charge on any atom is -0.488 e. The molecule has 5 rings (SSSR count). The van der Waals surface area contributed by atoms with E-state index in [1.54, 1.807) is 41.5 Å². The van der Waals surface area contributed by atoms with E-state index in [0.29, 0.717) is 60.3 Å². The van der Waals surface area contributed by atoms with E-state index in [9.17, 15) is 10.1 Å². The number of hydrogen-bond acceptors (Lipinski definition) is 5. The Labute approximate surface area is 243 Å². The average molecular weight is 540 g/mol. The lowest BCUT2D eigenvalue weighted by atomic mass is 9.97. The Hall–Kier alpha value is -3.95. The van der Waals surface area contributed by atoms with Crippen molar-refractivity contribution >= 4 is 11.0 Å². The molecular formula is C34H38N4O2. The number of nitrogens with zero attached hydrogens (tertiary/aromatic N) is 4. The summed E-state index contributed by atoms with van der Waals surface area (Å²) < 4.78 is 50.3. The van der Waals surface area contributed by atoms with Crippen LogP contribution in [-0.4, -0.2) is 33.0 Å². The van der Waals surface area contributed by atoms with Crippen molar-refractivity contribution in [3.63, 3.8) is 0 Å². The zero-order valence-corrected chi connectivity index (χ0v) is 23.0. The number of benzene rings is 3. The molecule has 3 aromatic carbocycles. The monoisotopic (exact) mass is 539 g/mol. The third kappa shape index (κ3) is 6.26. The first-order valence-corrected chi connectivity index (χ1v) is 13.7. The number of aromatic nitrogens is 2. The molecule has 0 saturated carbocycles. The number of fused-ring (bicyclic) bond motifs is 1. The van der Waals surface area contributed by atoms with Gasteiger partial charge in [-0.05, 0) is 81.9 Å². The summed E-state index contributed by atoms with van der Waals surface area (Å²) in [6.45, 7) is 4.16. The summed E-state index contributed by atoms with van der Waals surface area (Å²) in [5.74, 6) is 0.456. The van der Waals surface area contributed by atoms with Crippen LogP contribution in [0.5, 0.6) is 5.75 Å². The molecule has 0 radical (unpaired) electrons. The van der Waals surface area contributed by atoms with Crippen LogP contribution < -0.4 is 10.3 Å². The van der Waals surface area contributed by atoms with Gasteiger partial charge in [-0.15, -0.1) is 0 Å². The number of aryl methyl sites for hydroxylation is 1. The van der Waals surface area contributed by atoms with Gasteiger partial charge in [0.1, 0.15) is 18.1 Å². The normalized spacial score (nSPS) is 28.5. The van der Waals surface area contributed by atoms with Crippen LogP contribution in [0.25, 0.3) is 22.3 Å². The second-order valence-electron chi connectivity index (χ2n) is 10.0. The zero-order valence-electron chi connectivity index (χ0n) is 28.0. The standard InChI is InChI=1S/C34H38N4O2/c1-25-12-11-13-26(2)37(25)20-9-4-10-21-38-31-17-8-7-16-30(31)36-33(34(38)39)29-22-28(23-35)18-19-32(29)40-24-27-14-5-3-6-15-27/h3,5-8,14-19,22,25-26H,4,9-13,20-21,24H2,1-2H3/t25-,26+/i11D,12D,13D,25D,26D/t11?,12?,13?,25-,26+. The van der Waals surface area contributed by atoms with Crippen molar-refractivity contribution < 1.29 is 11.6 Å². The Kier molecular flexibility index (Phi) is 7.06. The van der Waals surface area contributed by atoms with E-state index in [-0.39, 0.29) is 17.9 Å². The summed E-state index contributed by atoms with van der Waals surface area (Å²) >= 11 is 0. The molecule has 0 bridgehead atoms. The predicted molar refractivity (Wildman–Crippen MR) is 160 cm³/mol. The molecule has 40 heavy (non-hydrogen) atoms. The smallest absolute Gasteiger partial charge is 0.277 e. The third-order valence-electron chi connectivity index (χ3n) is 7.24. The van der Waals surface area contributed by atoms with Crippen LogP contribution in [0.2, 0.25) is 0 Å². The highest BCUT2D eigenvalue weighted by molar-refractivity contribution is 5.79. The van der Waals surface area contributed by atoms with Crippen LogP contribution in [0.3, 0.4) is 0 Å². The number of unbranched alkanes of at least 4 members (excludes halogenated alkanes) is 2. The number of hydrogen-bond donors (Lipinski definition) is 0.